The minimum absolute atomic E-state index is 0.00166. The van der Waals surface area contributed by atoms with E-state index in [0.29, 0.717) is 0 Å². The summed E-state index contributed by atoms with van der Waals surface area (Å²) in [5.41, 5.74) is 5.97. The summed E-state index contributed by atoms with van der Waals surface area (Å²) >= 11 is 4.57. The predicted molar refractivity (Wildman–Crippen MR) is 64.9 cm³/mol. The maximum absolute atomic E-state index is 11.4. The van der Waals surface area contributed by atoms with Gasteiger partial charge in [-0.05, 0) is 6.92 Å². The first-order chi connectivity index (χ1) is 8.00. The number of aromatic nitrogens is 2. The van der Waals surface area contributed by atoms with Crippen molar-refractivity contribution in [1.82, 2.24) is 20.8 Å². The van der Waals surface area contributed by atoms with Gasteiger partial charge in [0, 0.05) is 11.8 Å². The van der Waals surface area contributed by atoms with Gasteiger partial charge in [0.05, 0.1) is 23.8 Å². The molecule has 2 amide bonds. The molecule has 0 aliphatic carbocycles. The van der Waals surface area contributed by atoms with Crippen molar-refractivity contribution in [3.63, 3.8) is 0 Å². The minimum atomic E-state index is -0.770. The third kappa shape index (κ3) is 4.19. The highest BCUT2D eigenvalue weighted by atomic mass is 32.1. The second-order valence-corrected chi connectivity index (χ2v) is 3.90. The van der Waals surface area contributed by atoms with Crippen LogP contribution in [-0.4, -0.2) is 33.5 Å². The summed E-state index contributed by atoms with van der Waals surface area (Å²) in [6, 6.07) is -0.308. The van der Waals surface area contributed by atoms with Gasteiger partial charge in [-0.3, -0.25) is 14.7 Å². The Labute approximate surface area is 103 Å². The van der Waals surface area contributed by atoms with Crippen molar-refractivity contribution in [1.29, 1.82) is 0 Å². The Balaban J connectivity index is 2.43. The lowest BCUT2D eigenvalue weighted by Crippen LogP contribution is -2.43. The molecule has 0 bridgehead atoms. The summed E-state index contributed by atoms with van der Waals surface area (Å²) in [6.45, 7) is 1.74. The molecule has 1 aromatic heterocycles. The first kappa shape index (κ1) is 13.1. The lowest BCUT2D eigenvalue weighted by molar-refractivity contribution is -0.139. The van der Waals surface area contributed by atoms with E-state index in [-0.39, 0.29) is 17.6 Å². The zero-order chi connectivity index (χ0) is 12.8. The first-order valence-electron chi connectivity index (χ1n) is 4.86. The van der Waals surface area contributed by atoms with E-state index in [1.54, 1.807) is 19.3 Å². The Bertz CT molecular complexity index is 417. The van der Waals surface area contributed by atoms with E-state index in [4.69, 9.17) is 5.73 Å². The summed E-state index contributed by atoms with van der Waals surface area (Å²) < 4.78 is 0. The van der Waals surface area contributed by atoms with Crippen LogP contribution in [0.15, 0.2) is 12.4 Å². The Morgan fingerprint density at radius 1 is 1.59 bits per heavy atom. The number of carbonyl (C=O) groups excluding carboxylic acids is 2. The Kier molecular flexibility index (Phi) is 4.58. The molecule has 0 aliphatic rings. The predicted octanol–water partition coefficient (Wildman–Crippen LogP) is -1.01. The molecule has 1 heterocycles. The lowest BCUT2D eigenvalue weighted by atomic mass is 10.2. The van der Waals surface area contributed by atoms with Crippen LogP contribution in [0.4, 0.5) is 0 Å². The maximum Gasteiger partial charge on any atom is 0.309 e. The molecule has 1 atom stereocenters. The first-order valence-corrected chi connectivity index (χ1v) is 5.27. The number of amides is 2. The smallest absolute Gasteiger partial charge is 0.309 e. The zero-order valence-corrected chi connectivity index (χ0v) is 10.0. The molecule has 17 heavy (non-hydrogen) atoms. The van der Waals surface area contributed by atoms with Crippen LogP contribution in [0, 0.1) is 0 Å². The fourth-order valence-corrected chi connectivity index (χ4v) is 1.16. The molecule has 0 saturated carbocycles. The molecular formula is C9H13N5O2S. The van der Waals surface area contributed by atoms with Gasteiger partial charge in [0.25, 0.3) is 0 Å². The number of H-pyrrole nitrogens is 1. The highest BCUT2D eigenvalue weighted by Gasteiger charge is 2.17. The van der Waals surface area contributed by atoms with Crippen LogP contribution in [-0.2, 0) is 9.59 Å². The van der Waals surface area contributed by atoms with Gasteiger partial charge < -0.3 is 16.4 Å². The summed E-state index contributed by atoms with van der Waals surface area (Å²) in [4.78, 5) is 22.8. The van der Waals surface area contributed by atoms with Gasteiger partial charge in [0.2, 0.25) is 0 Å². The Hall–Kier alpha value is -1.96. The monoisotopic (exact) mass is 255 g/mol. The quantitative estimate of drug-likeness (QED) is 0.407. The van der Waals surface area contributed by atoms with Gasteiger partial charge in [0.15, 0.2) is 0 Å². The molecule has 1 unspecified atom stereocenters. The van der Waals surface area contributed by atoms with E-state index in [0.717, 1.165) is 5.56 Å². The molecule has 0 spiro atoms. The van der Waals surface area contributed by atoms with Crippen molar-refractivity contribution in [2.75, 3.05) is 6.54 Å². The van der Waals surface area contributed by atoms with Crippen molar-refractivity contribution in [2.24, 2.45) is 5.73 Å². The van der Waals surface area contributed by atoms with E-state index in [1.165, 1.54) is 0 Å². The lowest BCUT2D eigenvalue weighted by Gasteiger charge is -2.11. The molecule has 8 heteroatoms. The number of nitrogens with two attached hydrogens (primary N) is 1. The van der Waals surface area contributed by atoms with Crippen molar-refractivity contribution in [2.45, 2.75) is 13.0 Å². The van der Waals surface area contributed by atoms with Gasteiger partial charge in [-0.2, -0.15) is 5.10 Å². The summed E-state index contributed by atoms with van der Waals surface area (Å²) in [5, 5.41) is 11.2. The second kappa shape index (κ2) is 5.94. The summed E-state index contributed by atoms with van der Waals surface area (Å²) in [7, 11) is 0. The van der Waals surface area contributed by atoms with Gasteiger partial charge in [-0.25, -0.2) is 0 Å². The summed E-state index contributed by atoms with van der Waals surface area (Å²) in [6.07, 6.45) is 3.20. The maximum atomic E-state index is 11.4. The molecule has 0 fully saturated rings. The number of rotatable bonds is 4. The van der Waals surface area contributed by atoms with E-state index in [2.05, 4.69) is 33.0 Å². The van der Waals surface area contributed by atoms with Crippen LogP contribution in [0.2, 0.25) is 0 Å². The van der Waals surface area contributed by atoms with E-state index in [1.807, 2.05) is 0 Å². The normalized spacial score (nSPS) is 11.6. The number of nitrogens with one attached hydrogen (secondary N) is 3. The molecule has 0 radical (unpaired) electrons. The average Bonchev–Trinajstić information content (AvgIpc) is 2.78. The third-order valence-corrected chi connectivity index (χ3v) is 2.14. The Morgan fingerprint density at radius 3 is 2.82 bits per heavy atom. The number of hydrogen-bond acceptors (Lipinski definition) is 4. The molecule has 0 aromatic carbocycles. The number of nitrogens with zero attached hydrogens (tertiary/aromatic N) is 1. The number of hydrogen-bond donors (Lipinski definition) is 4. The fourth-order valence-electron chi connectivity index (χ4n) is 1.09. The van der Waals surface area contributed by atoms with Crippen LogP contribution in [0.1, 0.15) is 18.5 Å². The molecule has 1 rings (SSSR count). The standard InChI is InChI=1S/C9H13N5O2S/c1-5(6-2-12-13-3-6)14-9(16)8(15)11-4-7(10)17/h2-3,5H,4H2,1H3,(H2,10,17)(H,11,15)(H,12,13)(H,14,16). The second-order valence-electron chi connectivity index (χ2n) is 3.38. The van der Waals surface area contributed by atoms with Gasteiger partial charge >= 0.3 is 11.8 Å². The fraction of sp³-hybridized carbons (Fsp3) is 0.333. The molecule has 5 N–H and O–H groups in total. The van der Waals surface area contributed by atoms with Crippen LogP contribution in [0.25, 0.3) is 0 Å². The molecule has 1 aromatic rings. The largest absolute Gasteiger partial charge is 0.392 e. The number of carbonyl (C=O) groups is 2. The van der Waals surface area contributed by atoms with Crippen molar-refractivity contribution in [3.8, 4) is 0 Å². The zero-order valence-electron chi connectivity index (χ0n) is 9.19. The SMILES string of the molecule is CC(NC(=O)C(=O)NCC(N)=S)c1cn[nH]c1. The van der Waals surface area contributed by atoms with E-state index >= 15 is 0 Å². The van der Waals surface area contributed by atoms with Crippen LogP contribution >= 0.6 is 12.2 Å². The number of aromatic amines is 1. The van der Waals surface area contributed by atoms with E-state index < -0.39 is 11.8 Å². The highest BCUT2D eigenvalue weighted by molar-refractivity contribution is 7.80. The third-order valence-electron chi connectivity index (χ3n) is 2.00. The highest BCUT2D eigenvalue weighted by Crippen LogP contribution is 2.08. The molecular weight excluding hydrogens is 242 g/mol. The summed E-state index contributed by atoms with van der Waals surface area (Å²) in [5.74, 6) is -1.51. The van der Waals surface area contributed by atoms with Crippen LogP contribution < -0.4 is 16.4 Å². The molecule has 92 valence electrons. The van der Waals surface area contributed by atoms with Crippen molar-refractivity contribution in [3.05, 3.63) is 18.0 Å². The molecule has 0 aliphatic heterocycles. The minimum Gasteiger partial charge on any atom is -0.392 e. The van der Waals surface area contributed by atoms with Crippen molar-refractivity contribution >= 4 is 29.0 Å². The topological polar surface area (TPSA) is 113 Å². The number of thiocarbonyl (C=S) groups is 1. The van der Waals surface area contributed by atoms with Crippen LogP contribution in [0.3, 0.4) is 0 Å². The average molecular weight is 255 g/mol. The van der Waals surface area contributed by atoms with Crippen molar-refractivity contribution < 1.29 is 9.59 Å². The molecule has 7 nitrogen and oxygen atoms in total. The van der Waals surface area contributed by atoms with E-state index in [9.17, 15) is 9.59 Å². The molecule has 0 saturated heterocycles. The van der Waals surface area contributed by atoms with Crippen LogP contribution in [0.5, 0.6) is 0 Å². The Morgan fingerprint density at radius 2 is 2.29 bits per heavy atom. The van der Waals surface area contributed by atoms with Gasteiger partial charge in [-0.1, -0.05) is 12.2 Å². The van der Waals surface area contributed by atoms with Gasteiger partial charge in [-0.15, -0.1) is 0 Å². The van der Waals surface area contributed by atoms with Gasteiger partial charge in [0.1, 0.15) is 0 Å².